The highest BCUT2D eigenvalue weighted by Crippen LogP contribution is 2.23. The molecule has 1 aliphatic heterocycles. The summed E-state index contributed by atoms with van der Waals surface area (Å²) in [7, 11) is 0. The van der Waals surface area contributed by atoms with Gasteiger partial charge in [0.15, 0.2) is 0 Å². The standard InChI is InChI=1S/C16H28N2O4/c1-6-10-21-15(20)18-9-7-8-12(2)13(18)11-17-14(19)22-16(3,4)5/h6,12-13H,1,7-11H2,2-5H3,(H,17,19)/t12-,13?/m1/s1. The fraction of sp³-hybridized carbons (Fsp3) is 0.750. The predicted molar refractivity (Wildman–Crippen MR) is 84.7 cm³/mol. The van der Waals surface area contributed by atoms with Gasteiger partial charge in [0.25, 0.3) is 0 Å². The van der Waals surface area contributed by atoms with E-state index in [1.165, 1.54) is 0 Å². The van der Waals surface area contributed by atoms with E-state index in [4.69, 9.17) is 9.47 Å². The lowest BCUT2D eigenvalue weighted by atomic mass is 9.91. The first kappa shape index (κ1) is 18.3. The predicted octanol–water partition coefficient (Wildman–Crippen LogP) is 2.93. The Hall–Kier alpha value is -1.72. The number of nitrogens with zero attached hydrogens (tertiary/aromatic N) is 1. The van der Waals surface area contributed by atoms with Crippen molar-refractivity contribution in [2.24, 2.45) is 5.92 Å². The first-order valence-electron chi connectivity index (χ1n) is 7.75. The zero-order valence-electron chi connectivity index (χ0n) is 14.1. The molecule has 22 heavy (non-hydrogen) atoms. The van der Waals surface area contributed by atoms with E-state index >= 15 is 0 Å². The molecule has 0 spiro atoms. The van der Waals surface area contributed by atoms with Crippen LogP contribution < -0.4 is 5.32 Å². The van der Waals surface area contributed by atoms with Crippen LogP contribution in [0.4, 0.5) is 9.59 Å². The summed E-state index contributed by atoms with van der Waals surface area (Å²) in [6, 6.07) is -0.0846. The van der Waals surface area contributed by atoms with E-state index in [9.17, 15) is 9.59 Å². The van der Waals surface area contributed by atoms with Gasteiger partial charge in [0.2, 0.25) is 0 Å². The van der Waals surface area contributed by atoms with Crippen LogP contribution in [-0.2, 0) is 9.47 Å². The van der Waals surface area contributed by atoms with E-state index in [1.54, 1.807) is 11.0 Å². The van der Waals surface area contributed by atoms with Crippen molar-refractivity contribution in [2.45, 2.75) is 52.2 Å². The molecule has 1 fully saturated rings. The summed E-state index contributed by atoms with van der Waals surface area (Å²) in [6.45, 7) is 12.2. The van der Waals surface area contributed by atoms with Gasteiger partial charge < -0.3 is 19.7 Å². The minimum atomic E-state index is -0.537. The maximum Gasteiger partial charge on any atom is 0.410 e. The SMILES string of the molecule is C=CCOC(=O)N1CCC[C@@H](C)C1CNC(=O)OC(C)(C)C. The number of piperidine rings is 1. The van der Waals surface area contributed by atoms with E-state index in [1.807, 2.05) is 20.8 Å². The van der Waals surface area contributed by atoms with Gasteiger partial charge in [-0.15, -0.1) is 0 Å². The van der Waals surface area contributed by atoms with Crippen LogP contribution in [0.2, 0.25) is 0 Å². The molecule has 6 heteroatoms. The molecule has 2 amide bonds. The van der Waals surface area contributed by atoms with Crippen LogP contribution in [0.3, 0.4) is 0 Å². The third-order valence-electron chi connectivity index (χ3n) is 3.53. The number of hydrogen-bond donors (Lipinski definition) is 1. The molecule has 0 aromatic carbocycles. The molecule has 6 nitrogen and oxygen atoms in total. The molecule has 1 N–H and O–H groups in total. The van der Waals surface area contributed by atoms with Crippen molar-refractivity contribution < 1.29 is 19.1 Å². The number of carbonyl (C=O) groups is 2. The lowest BCUT2D eigenvalue weighted by Crippen LogP contribution is -2.53. The smallest absolute Gasteiger partial charge is 0.410 e. The summed E-state index contributed by atoms with van der Waals surface area (Å²) in [5, 5.41) is 2.75. The van der Waals surface area contributed by atoms with Gasteiger partial charge in [-0.3, -0.25) is 0 Å². The van der Waals surface area contributed by atoms with Crippen molar-refractivity contribution >= 4 is 12.2 Å². The molecule has 0 radical (unpaired) electrons. The minimum absolute atomic E-state index is 0.0846. The quantitative estimate of drug-likeness (QED) is 0.810. The van der Waals surface area contributed by atoms with Gasteiger partial charge in [0.1, 0.15) is 12.2 Å². The minimum Gasteiger partial charge on any atom is -0.445 e. The molecule has 0 aromatic heterocycles. The molecule has 1 heterocycles. The van der Waals surface area contributed by atoms with E-state index in [-0.39, 0.29) is 18.7 Å². The number of likely N-dealkylation sites (tertiary alicyclic amines) is 1. The second kappa shape index (κ2) is 8.06. The third-order valence-corrected chi connectivity index (χ3v) is 3.53. The average molecular weight is 312 g/mol. The van der Waals surface area contributed by atoms with Crippen molar-refractivity contribution in [3.05, 3.63) is 12.7 Å². The molecule has 2 atom stereocenters. The summed E-state index contributed by atoms with van der Waals surface area (Å²) < 4.78 is 10.3. The fourth-order valence-electron chi connectivity index (χ4n) is 2.50. The van der Waals surface area contributed by atoms with Gasteiger partial charge in [-0.2, -0.15) is 0 Å². The van der Waals surface area contributed by atoms with Crippen molar-refractivity contribution in [2.75, 3.05) is 19.7 Å². The summed E-state index contributed by atoms with van der Waals surface area (Å²) in [5.74, 6) is 0.292. The van der Waals surface area contributed by atoms with Crippen LogP contribution in [0, 0.1) is 5.92 Å². The number of hydrogen-bond acceptors (Lipinski definition) is 4. The Morgan fingerprint density at radius 1 is 1.41 bits per heavy atom. The summed E-state index contributed by atoms with van der Waals surface area (Å²) in [6.07, 6.45) is 2.67. The number of nitrogens with one attached hydrogen (secondary N) is 1. The second-order valence-corrected chi connectivity index (χ2v) is 6.63. The Bertz CT molecular complexity index is 403. The Labute approximate surface area is 132 Å². The van der Waals surface area contributed by atoms with Crippen LogP contribution >= 0.6 is 0 Å². The first-order chi connectivity index (χ1) is 10.2. The molecule has 0 aromatic rings. The van der Waals surface area contributed by atoms with Gasteiger partial charge in [0, 0.05) is 13.1 Å². The topological polar surface area (TPSA) is 67.9 Å². The Kier molecular flexibility index (Phi) is 6.71. The van der Waals surface area contributed by atoms with Gasteiger partial charge in [-0.1, -0.05) is 19.6 Å². The van der Waals surface area contributed by atoms with Crippen LogP contribution in [0.25, 0.3) is 0 Å². The average Bonchev–Trinajstić information content (AvgIpc) is 2.41. The van der Waals surface area contributed by atoms with Gasteiger partial charge in [-0.25, -0.2) is 9.59 Å². The van der Waals surface area contributed by atoms with Crippen LogP contribution in [-0.4, -0.2) is 48.4 Å². The monoisotopic (exact) mass is 312 g/mol. The highest BCUT2D eigenvalue weighted by Gasteiger charge is 2.33. The molecule has 1 saturated heterocycles. The number of ether oxygens (including phenoxy) is 2. The van der Waals surface area contributed by atoms with Gasteiger partial charge >= 0.3 is 12.2 Å². The molecule has 1 rings (SSSR count). The van der Waals surface area contributed by atoms with E-state index < -0.39 is 11.7 Å². The Morgan fingerprint density at radius 2 is 2.09 bits per heavy atom. The summed E-state index contributed by atoms with van der Waals surface area (Å²) in [4.78, 5) is 25.6. The Morgan fingerprint density at radius 3 is 2.68 bits per heavy atom. The van der Waals surface area contributed by atoms with Gasteiger partial charge in [0.05, 0.1) is 6.04 Å². The normalized spacial score (nSPS) is 21.9. The first-order valence-corrected chi connectivity index (χ1v) is 7.75. The largest absolute Gasteiger partial charge is 0.445 e. The third kappa shape index (κ3) is 5.95. The van der Waals surface area contributed by atoms with Crippen LogP contribution in [0.15, 0.2) is 12.7 Å². The fourth-order valence-corrected chi connectivity index (χ4v) is 2.50. The van der Waals surface area contributed by atoms with E-state index in [0.717, 1.165) is 12.8 Å². The Balaban J connectivity index is 2.60. The number of rotatable bonds is 4. The highest BCUT2D eigenvalue weighted by molar-refractivity contribution is 5.69. The number of alkyl carbamates (subject to hydrolysis) is 1. The van der Waals surface area contributed by atoms with Crippen molar-refractivity contribution in [3.8, 4) is 0 Å². The van der Waals surface area contributed by atoms with Crippen LogP contribution in [0.5, 0.6) is 0 Å². The lowest BCUT2D eigenvalue weighted by Gasteiger charge is -2.39. The van der Waals surface area contributed by atoms with Crippen molar-refractivity contribution in [1.29, 1.82) is 0 Å². The molecule has 126 valence electrons. The molecule has 0 bridgehead atoms. The molecule has 0 aliphatic carbocycles. The van der Waals surface area contributed by atoms with Crippen molar-refractivity contribution in [1.82, 2.24) is 10.2 Å². The zero-order valence-corrected chi connectivity index (χ0v) is 14.1. The molecule has 0 saturated carbocycles. The second-order valence-electron chi connectivity index (χ2n) is 6.63. The zero-order chi connectivity index (χ0) is 16.8. The number of carbonyl (C=O) groups excluding carboxylic acids is 2. The molecular weight excluding hydrogens is 284 g/mol. The summed E-state index contributed by atoms with van der Waals surface area (Å²) >= 11 is 0. The van der Waals surface area contributed by atoms with E-state index in [0.29, 0.717) is 19.0 Å². The van der Waals surface area contributed by atoms with Gasteiger partial charge in [-0.05, 0) is 39.5 Å². The summed E-state index contributed by atoms with van der Waals surface area (Å²) in [5.41, 5.74) is -0.537. The maximum atomic E-state index is 12.1. The van der Waals surface area contributed by atoms with Crippen LogP contribution in [0.1, 0.15) is 40.5 Å². The molecular formula is C16H28N2O4. The highest BCUT2D eigenvalue weighted by atomic mass is 16.6. The number of amides is 2. The van der Waals surface area contributed by atoms with E-state index in [2.05, 4.69) is 18.8 Å². The van der Waals surface area contributed by atoms with Crippen molar-refractivity contribution in [3.63, 3.8) is 0 Å². The molecule has 1 unspecified atom stereocenters. The lowest BCUT2D eigenvalue weighted by molar-refractivity contribution is 0.0425. The maximum absolute atomic E-state index is 12.1. The molecule has 1 aliphatic rings.